The number of hydrogen-bond acceptors (Lipinski definition) is 2. The summed E-state index contributed by atoms with van der Waals surface area (Å²) in [7, 11) is 0. The molecular weight excluding hydrogens is 294 g/mol. The van der Waals surface area contributed by atoms with E-state index in [9.17, 15) is 0 Å². The molecule has 2 bridgehead atoms. The van der Waals surface area contributed by atoms with E-state index >= 15 is 0 Å². The quantitative estimate of drug-likeness (QED) is 0.724. The van der Waals surface area contributed by atoms with Crippen molar-refractivity contribution in [1.82, 2.24) is 15.3 Å². The SMILES string of the molecule is c1cc(-c2ccc(C3CC4CCCC(C3)N4)cc2)c2cc[nH]c2n1. The average molecular weight is 317 g/mol. The van der Waals surface area contributed by atoms with Crippen LogP contribution in [-0.2, 0) is 0 Å². The van der Waals surface area contributed by atoms with Gasteiger partial charge in [-0.25, -0.2) is 4.98 Å². The zero-order valence-corrected chi connectivity index (χ0v) is 13.8. The molecule has 122 valence electrons. The molecule has 2 N–H and O–H groups in total. The monoisotopic (exact) mass is 317 g/mol. The molecule has 1 aromatic carbocycles. The first-order valence-corrected chi connectivity index (χ1v) is 9.15. The molecule has 3 nitrogen and oxygen atoms in total. The minimum atomic E-state index is 0.723. The Morgan fingerprint density at radius 3 is 2.50 bits per heavy atom. The van der Waals surface area contributed by atoms with Crippen LogP contribution in [0.3, 0.4) is 0 Å². The Kier molecular flexibility index (Phi) is 3.41. The van der Waals surface area contributed by atoms with Gasteiger partial charge in [0, 0.05) is 29.9 Å². The number of H-pyrrole nitrogens is 1. The highest BCUT2D eigenvalue weighted by atomic mass is 15.0. The second-order valence-corrected chi connectivity index (χ2v) is 7.38. The van der Waals surface area contributed by atoms with E-state index in [0.717, 1.165) is 23.6 Å². The summed E-state index contributed by atoms with van der Waals surface area (Å²) in [6.07, 6.45) is 10.6. The maximum atomic E-state index is 4.39. The van der Waals surface area contributed by atoms with Crippen molar-refractivity contribution in [2.24, 2.45) is 0 Å². The largest absolute Gasteiger partial charge is 0.346 e. The van der Waals surface area contributed by atoms with Gasteiger partial charge >= 0.3 is 0 Å². The zero-order chi connectivity index (χ0) is 15.9. The minimum Gasteiger partial charge on any atom is -0.346 e. The van der Waals surface area contributed by atoms with Gasteiger partial charge in [0.15, 0.2) is 0 Å². The molecule has 2 fully saturated rings. The number of rotatable bonds is 2. The smallest absolute Gasteiger partial charge is 0.137 e. The maximum Gasteiger partial charge on any atom is 0.137 e. The van der Waals surface area contributed by atoms with Crippen molar-refractivity contribution in [3.63, 3.8) is 0 Å². The van der Waals surface area contributed by atoms with Crippen molar-refractivity contribution in [2.45, 2.75) is 50.1 Å². The molecule has 0 amide bonds. The molecule has 3 aromatic rings. The van der Waals surface area contributed by atoms with Gasteiger partial charge in [-0.05, 0) is 60.4 Å². The fourth-order valence-corrected chi connectivity index (χ4v) is 4.69. The third kappa shape index (κ3) is 2.44. The van der Waals surface area contributed by atoms with Crippen LogP contribution in [0.1, 0.15) is 43.6 Å². The number of benzene rings is 1. The number of aromatic nitrogens is 2. The van der Waals surface area contributed by atoms with E-state index in [2.05, 4.69) is 51.7 Å². The van der Waals surface area contributed by atoms with E-state index < -0.39 is 0 Å². The second kappa shape index (κ2) is 5.75. The van der Waals surface area contributed by atoms with Crippen LogP contribution in [0.5, 0.6) is 0 Å². The van der Waals surface area contributed by atoms with Crippen LogP contribution in [0.2, 0.25) is 0 Å². The number of aromatic amines is 1. The zero-order valence-electron chi connectivity index (χ0n) is 13.8. The summed E-state index contributed by atoms with van der Waals surface area (Å²) >= 11 is 0. The van der Waals surface area contributed by atoms with Gasteiger partial charge in [-0.1, -0.05) is 30.7 Å². The molecule has 2 aliphatic heterocycles. The number of piperidine rings is 2. The lowest BCUT2D eigenvalue weighted by molar-refractivity contribution is 0.221. The second-order valence-electron chi connectivity index (χ2n) is 7.38. The highest BCUT2D eigenvalue weighted by Gasteiger charge is 2.31. The molecule has 0 aliphatic carbocycles. The topological polar surface area (TPSA) is 40.7 Å². The molecule has 2 aromatic heterocycles. The third-order valence-electron chi connectivity index (χ3n) is 5.87. The van der Waals surface area contributed by atoms with Crippen molar-refractivity contribution in [2.75, 3.05) is 0 Å². The number of nitrogens with zero attached hydrogens (tertiary/aromatic N) is 1. The summed E-state index contributed by atoms with van der Waals surface area (Å²) < 4.78 is 0. The molecule has 24 heavy (non-hydrogen) atoms. The molecule has 4 heterocycles. The molecule has 2 saturated heterocycles. The number of fused-ring (bicyclic) bond motifs is 3. The van der Waals surface area contributed by atoms with Gasteiger partial charge in [0.2, 0.25) is 0 Å². The summed E-state index contributed by atoms with van der Waals surface area (Å²) in [4.78, 5) is 7.59. The Hall–Kier alpha value is -2.13. The van der Waals surface area contributed by atoms with Crippen LogP contribution >= 0.6 is 0 Å². The van der Waals surface area contributed by atoms with E-state index in [1.165, 1.54) is 54.2 Å². The van der Waals surface area contributed by atoms with Gasteiger partial charge in [0.1, 0.15) is 5.65 Å². The minimum absolute atomic E-state index is 0.723. The van der Waals surface area contributed by atoms with Crippen LogP contribution in [0, 0.1) is 0 Å². The Morgan fingerprint density at radius 2 is 1.71 bits per heavy atom. The molecule has 3 heteroatoms. The van der Waals surface area contributed by atoms with Gasteiger partial charge in [0.05, 0.1) is 0 Å². The van der Waals surface area contributed by atoms with Gasteiger partial charge in [-0.2, -0.15) is 0 Å². The molecule has 2 atom stereocenters. The summed E-state index contributed by atoms with van der Waals surface area (Å²) in [6, 6.07) is 15.0. The van der Waals surface area contributed by atoms with Gasteiger partial charge in [-0.15, -0.1) is 0 Å². The highest BCUT2D eigenvalue weighted by Crippen LogP contribution is 2.37. The Labute approximate surface area is 142 Å². The van der Waals surface area contributed by atoms with E-state index in [1.807, 2.05) is 12.4 Å². The van der Waals surface area contributed by atoms with E-state index in [1.54, 1.807) is 0 Å². The maximum absolute atomic E-state index is 4.39. The van der Waals surface area contributed by atoms with Gasteiger partial charge in [0.25, 0.3) is 0 Å². The first-order chi connectivity index (χ1) is 11.9. The molecular formula is C21H23N3. The van der Waals surface area contributed by atoms with Crippen LogP contribution < -0.4 is 5.32 Å². The summed E-state index contributed by atoms with van der Waals surface area (Å²) in [5.41, 5.74) is 5.01. The van der Waals surface area contributed by atoms with Crippen molar-refractivity contribution >= 4 is 11.0 Å². The van der Waals surface area contributed by atoms with Crippen molar-refractivity contribution < 1.29 is 0 Å². The lowest BCUT2D eigenvalue weighted by Crippen LogP contribution is -2.47. The van der Waals surface area contributed by atoms with E-state index in [0.29, 0.717) is 0 Å². The summed E-state index contributed by atoms with van der Waals surface area (Å²) in [5.74, 6) is 0.723. The fourth-order valence-electron chi connectivity index (χ4n) is 4.69. The predicted molar refractivity (Wildman–Crippen MR) is 98.1 cm³/mol. The average Bonchev–Trinajstić information content (AvgIpc) is 3.10. The van der Waals surface area contributed by atoms with E-state index in [-0.39, 0.29) is 0 Å². The standard InChI is InChI=1S/C21H23N3/c1-2-17-12-16(13-18(3-1)24-17)14-4-6-15(7-5-14)19-8-10-22-21-20(19)9-11-23-21/h4-11,16-18,24H,1-3,12-13H2,(H,22,23). The van der Waals surface area contributed by atoms with Crippen LogP contribution in [-0.4, -0.2) is 22.1 Å². The molecule has 2 aliphatic rings. The van der Waals surface area contributed by atoms with Crippen LogP contribution in [0.4, 0.5) is 0 Å². The highest BCUT2D eigenvalue weighted by molar-refractivity contribution is 5.92. The van der Waals surface area contributed by atoms with Gasteiger partial charge in [-0.3, -0.25) is 0 Å². The van der Waals surface area contributed by atoms with Crippen molar-refractivity contribution in [3.8, 4) is 11.1 Å². The van der Waals surface area contributed by atoms with E-state index in [4.69, 9.17) is 0 Å². The molecule has 0 radical (unpaired) electrons. The lowest BCUT2D eigenvalue weighted by atomic mass is 9.77. The Morgan fingerprint density at radius 1 is 0.917 bits per heavy atom. The molecule has 5 rings (SSSR count). The normalized spacial score (nSPS) is 26.6. The number of nitrogens with one attached hydrogen (secondary N) is 2. The van der Waals surface area contributed by atoms with Crippen LogP contribution in [0.15, 0.2) is 48.8 Å². The first-order valence-electron chi connectivity index (χ1n) is 9.15. The molecule has 0 spiro atoms. The Bertz CT molecular complexity index is 837. The first kappa shape index (κ1) is 14.2. The predicted octanol–water partition coefficient (Wildman–Crippen LogP) is 4.62. The number of hydrogen-bond donors (Lipinski definition) is 2. The van der Waals surface area contributed by atoms with Crippen LogP contribution in [0.25, 0.3) is 22.2 Å². The number of pyridine rings is 1. The Balaban J connectivity index is 1.44. The lowest BCUT2D eigenvalue weighted by Gasteiger charge is -2.40. The van der Waals surface area contributed by atoms with Crippen molar-refractivity contribution in [3.05, 3.63) is 54.4 Å². The van der Waals surface area contributed by atoms with Crippen molar-refractivity contribution in [1.29, 1.82) is 0 Å². The molecule has 0 saturated carbocycles. The third-order valence-corrected chi connectivity index (χ3v) is 5.87. The summed E-state index contributed by atoms with van der Waals surface area (Å²) in [6.45, 7) is 0. The van der Waals surface area contributed by atoms with Gasteiger partial charge < -0.3 is 10.3 Å². The fraction of sp³-hybridized carbons (Fsp3) is 0.381. The molecule has 2 unspecified atom stereocenters. The summed E-state index contributed by atoms with van der Waals surface area (Å²) in [5, 5.41) is 4.99.